The molecule has 3 nitrogen and oxygen atoms in total. The summed E-state index contributed by atoms with van der Waals surface area (Å²) in [4.78, 5) is 12.5. The predicted octanol–water partition coefficient (Wildman–Crippen LogP) is 7.92. The van der Waals surface area contributed by atoms with E-state index in [1.54, 1.807) is 18.2 Å². The van der Waals surface area contributed by atoms with E-state index >= 15 is 0 Å². The van der Waals surface area contributed by atoms with Crippen LogP contribution in [0.4, 0.5) is 13.2 Å². The minimum absolute atomic E-state index is 0.131. The van der Waals surface area contributed by atoms with E-state index in [9.17, 15) is 18.0 Å². The van der Waals surface area contributed by atoms with E-state index < -0.39 is 17.8 Å². The summed E-state index contributed by atoms with van der Waals surface area (Å²) in [5.74, 6) is -0.131. The standard InChI is InChI=1S/C28H38F3N2O/c1-2-3-4-5-6-7-8-9-10-11-19-33-27(34)24-14-12-13-22(20-24)21-26(32)23-15-17-25(18-16-23)28(29,30)31/h12-18,20,26,32H,2-11,19,21H2,1H3,(H,33,34). The van der Waals surface area contributed by atoms with Crippen LogP contribution in [0.25, 0.3) is 0 Å². The lowest BCUT2D eigenvalue weighted by molar-refractivity contribution is -0.137. The van der Waals surface area contributed by atoms with E-state index in [0.29, 0.717) is 24.1 Å². The van der Waals surface area contributed by atoms with Gasteiger partial charge in [-0.05, 0) is 48.2 Å². The lowest BCUT2D eigenvalue weighted by Gasteiger charge is -2.14. The maximum Gasteiger partial charge on any atom is 0.416 e. The first-order valence-electron chi connectivity index (χ1n) is 12.6. The first-order chi connectivity index (χ1) is 16.3. The van der Waals surface area contributed by atoms with Crippen molar-refractivity contribution in [3.05, 3.63) is 70.8 Å². The lowest BCUT2D eigenvalue weighted by atomic mass is 9.97. The molecule has 1 radical (unpaired) electrons. The fraction of sp³-hybridized carbons (Fsp3) is 0.536. The van der Waals surface area contributed by atoms with Crippen molar-refractivity contribution in [1.82, 2.24) is 11.1 Å². The van der Waals surface area contributed by atoms with Gasteiger partial charge in [-0.3, -0.25) is 4.79 Å². The predicted molar refractivity (Wildman–Crippen MR) is 132 cm³/mol. The van der Waals surface area contributed by atoms with Crippen LogP contribution in [0.2, 0.25) is 0 Å². The third-order valence-electron chi connectivity index (χ3n) is 6.09. The van der Waals surface area contributed by atoms with Crippen LogP contribution in [0.5, 0.6) is 0 Å². The fourth-order valence-corrected chi connectivity index (χ4v) is 4.01. The molecule has 0 bridgehead atoms. The Balaban J connectivity index is 1.70. The van der Waals surface area contributed by atoms with Crippen molar-refractivity contribution in [2.24, 2.45) is 0 Å². The van der Waals surface area contributed by atoms with Crippen LogP contribution in [0.15, 0.2) is 48.5 Å². The Kier molecular flexibility index (Phi) is 12.2. The van der Waals surface area contributed by atoms with Gasteiger partial charge in [0.05, 0.1) is 11.6 Å². The van der Waals surface area contributed by atoms with Gasteiger partial charge in [0.15, 0.2) is 0 Å². The smallest absolute Gasteiger partial charge is 0.352 e. The number of benzene rings is 2. The second-order valence-electron chi connectivity index (χ2n) is 9.01. The van der Waals surface area contributed by atoms with Gasteiger partial charge in [0.25, 0.3) is 5.91 Å². The van der Waals surface area contributed by atoms with E-state index in [0.717, 1.165) is 30.5 Å². The maximum atomic E-state index is 12.7. The number of unbranched alkanes of at least 4 members (excludes halogenated alkanes) is 9. The van der Waals surface area contributed by atoms with Crippen molar-refractivity contribution in [2.75, 3.05) is 6.54 Å². The highest BCUT2D eigenvalue weighted by Gasteiger charge is 2.30. The Hall–Kier alpha value is -2.34. The molecule has 0 aromatic heterocycles. The number of carbonyl (C=O) groups is 1. The molecule has 0 heterocycles. The van der Waals surface area contributed by atoms with Gasteiger partial charge < -0.3 is 5.32 Å². The molecule has 0 spiro atoms. The number of rotatable bonds is 15. The maximum absolute atomic E-state index is 12.7. The molecular weight excluding hydrogens is 437 g/mol. The quantitative estimate of drug-likeness (QED) is 0.261. The molecule has 1 unspecified atom stereocenters. The zero-order valence-electron chi connectivity index (χ0n) is 20.2. The second kappa shape index (κ2) is 14.8. The molecule has 34 heavy (non-hydrogen) atoms. The molecular formula is C28H38F3N2O. The van der Waals surface area contributed by atoms with Gasteiger partial charge in [-0.1, -0.05) is 89.0 Å². The summed E-state index contributed by atoms with van der Waals surface area (Å²) >= 11 is 0. The minimum Gasteiger partial charge on any atom is -0.352 e. The van der Waals surface area contributed by atoms with Crippen molar-refractivity contribution in [1.29, 1.82) is 0 Å². The van der Waals surface area contributed by atoms with Crippen LogP contribution < -0.4 is 11.1 Å². The van der Waals surface area contributed by atoms with Gasteiger partial charge in [0.2, 0.25) is 0 Å². The molecule has 0 aliphatic carbocycles. The molecule has 1 atom stereocenters. The van der Waals surface area contributed by atoms with E-state index in [-0.39, 0.29) is 5.91 Å². The average Bonchev–Trinajstić information content (AvgIpc) is 2.82. The summed E-state index contributed by atoms with van der Waals surface area (Å²) in [6.45, 7) is 2.88. The normalized spacial score (nSPS) is 12.5. The van der Waals surface area contributed by atoms with E-state index in [4.69, 9.17) is 5.73 Å². The van der Waals surface area contributed by atoms with Crippen molar-refractivity contribution in [3.63, 3.8) is 0 Å². The topological polar surface area (TPSA) is 52.9 Å². The first kappa shape index (κ1) is 27.9. The number of hydrogen-bond acceptors (Lipinski definition) is 1. The second-order valence-corrected chi connectivity index (χ2v) is 9.01. The minimum atomic E-state index is -4.38. The number of carbonyl (C=O) groups excluding carboxylic acids is 1. The van der Waals surface area contributed by atoms with E-state index in [1.165, 1.54) is 63.5 Å². The molecule has 1 amide bonds. The highest BCUT2D eigenvalue weighted by molar-refractivity contribution is 5.94. The Labute approximate surface area is 202 Å². The summed E-state index contributed by atoms with van der Waals surface area (Å²) in [5, 5.41) is 2.96. The first-order valence-corrected chi connectivity index (χ1v) is 12.6. The lowest BCUT2D eigenvalue weighted by Crippen LogP contribution is -2.24. The van der Waals surface area contributed by atoms with Crippen LogP contribution in [0.1, 0.15) is 104 Å². The van der Waals surface area contributed by atoms with E-state index in [1.807, 2.05) is 6.07 Å². The van der Waals surface area contributed by atoms with Crippen molar-refractivity contribution in [3.8, 4) is 0 Å². The SMILES string of the molecule is CCCCCCCCCCCCNC(=O)c1cccc(CC([NH])c2ccc(C(F)(F)F)cc2)c1. The van der Waals surface area contributed by atoms with Crippen LogP contribution in [-0.2, 0) is 12.6 Å². The van der Waals surface area contributed by atoms with Crippen LogP contribution >= 0.6 is 0 Å². The Morgan fingerprint density at radius 1 is 0.882 bits per heavy atom. The van der Waals surface area contributed by atoms with Crippen LogP contribution in [-0.4, -0.2) is 12.5 Å². The van der Waals surface area contributed by atoms with Gasteiger partial charge >= 0.3 is 6.18 Å². The molecule has 2 N–H and O–H groups in total. The fourth-order valence-electron chi connectivity index (χ4n) is 4.01. The summed E-state index contributed by atoms with van der Waals surface area (Å²) in [5.41, 5.74) is 9.48. The van der Waals surface area contributed by atoms with Gasteiger partial charge in [-0.25, -0.2) is 5.73 Å². The van der Waals surface area contributed by atoms with E-state index in [2.05, 4.69) is 12.2 Å². The molecule has 0 saturated heterocycles. The van der Waals surface area contributed by atoms with Crippen LogP contribution in [0.3, 0.4) is 0 Å². The molecule has 2 rings (SSSR count). The molecule has 2 aromatic carbocycles. The number of nitrogens with one attached hydrogen (secondary N) is 2. The van der Waals surface area contributed by atoms with Crippen LogP contribution in [0, 0.1) is 0 Å². The molecule has 0 aliphatic heterocycles. The van der Waals surface area contributed by atoms with Crippen molar-refractivity contribution >= 4 is 5.91 Å². The molecule has 0 fully saturated rings. The zero-order valence-corrected chi connectivity index (χ0v) is 20.2. The largest absolute Gasteiger partial charge is 0.416 e. The third-order valence-corrected chi connectivity index (χ3v) is 6.09. The number of amides is 1. The monoisotopic (exact) mass is 475 g/mol. The highest BCUT2D eigenvalue weighted by atomic mass is 19.4. The average molecular weight is 476 g/mol. The van der Waals surface area contributed by atoms with Gasteiger partial charge in [-0.15, -0.1) is 0 Å². The Bertz CT molecular complexity index is 849. The number of alkyl halides is 3. The molecule has 2 aromatic rings. The van der Waals surface area contributed by atoms with Gasteiger partial charge in [0.1, 0.15) is 0 Å². The van der Waals surface area contributed by atoms with Crippen molar-refractivity contribution < 1.29 is 18.0 Å². The Morgan fingerprint density at radius 2 is 1.47 bits per heavy atom. The molecule has 6 heteroatoms. The molecule has 0 aliphatic rings. The molecule has 0 saturated carbocycles. The summed E-state index contributed by atoms with van der Waals surface area (Å²) < 4.78 is 38.2. The van der Waals surface area contributed by atoms with Gasteiger partial charge in [-0.2, -0.15) is 13.2 Å². The number of hydrogen-bond donors (Lipinski definition) is 1. The highest BCUT2D eigenvalue weighted by Crippen LogP contribution is 2.30. The zero-order chi connectivity index (χ0) is 24.8. The third kappa shape index (κ3) is 10.3. The summed E-state index contributed by atoms with van der Waals surface area (Å²) in [6, 6.07) is 11.1. The number of halogens is 3. The molecule has 187 valence electrons. The van der Waals surface area contributed by atoms with Crippen molar-refractivity contribution in [2.45, 2.75) is 89.8 Å². The van der Waals surface area contributed by atoms with Gasteiger partial charge in [0, 0.05) is 12.1 Å². The summed E-state index contributed by atoms with van der Waals surface area (Å²) in [7, 11) is 0. The summed E-state index contributed by atoms with van der Waals surface area (Å²) in [6.07, 6.45) is 8.41. The Morgan fingerprint density at radius 3 is 2.06 bits per heavy atom.